The molecule has 2 nitrogen and oxygen atoms in total. The zero-order valence-electron chi connectivity index (χ0n) is 13.6. The van der Waals surface area contributed by atoms with Crippen molar-refractivity contribution in [3.8, 4) is 5.75 Å². The average Bonchev–Trinajstić information content (AvgIpc) is 2.62. The molecule has 5 heteroatoms. The van der Waals surface area contributed by atoms with Crippen molar-refractivity contribution >= 4 is 17.4 Å². The van der Waals surface area contributed by atoms with Gasteiger partial charge in [0.1, 0.15) is 23.5 Å². The molecule has 0 amide bonds. The highest BCUT2D eigenvalue weighted by molar-refractivity contribution is 6.30. The molecule has 2 aromatic carbocycles. The van der Waals surface area contributed by atoms with Crippen LogP contribution in [0.3, 0.4) is 0 Å². The van der Waals surface area contributed by atoms with Crippen LogP contribution in [0.2, 0.25) is 5.02 Å². The van der Waals surface area contributed by atoms with E-state index in [4.69, 9.17) is 16.3 Å². The highest BCUT2D eigenvalue weighted by Gasteiger charge is 2.29. The van der Waals surface area contributed by atoms with Crippen molar-refractivity contribution in [2.75, 3.05) is 13.1 Å². The number of benzene rings is 2. The van der Waals surface area contributed by atoms with Gasteiger partial charge in [-0.15, -0.1) is 0 Å². The van der Waals surface area contributed by atoms with Crippen LogP contribution in [0, 0.1) is 5.82 Å². The van der Waals surface area contributed by atoms with Crippen LogP contribution in [0.15, 0.2) is 42.5 Å². The van der Waals surface area contributed by atoms with E-state index in [1.165, 1.54) is 12.1 Å². The zero-order chi connectivity index (χ0) is 17.4. The maximum absolute atomic E-state index is 14.7. The van der Waals surface area contributed by atoms with Gasteiger partial charge < -0.3 is 10.1 Å². The lowest BCUT2D eigenvalue weighted by atomic mass is 9.87. The molecule has 0 bridgehead atoms. The van der Waals surface area contributed by atoms with Crippen molar-refractivity contribution in [2.45, 2.75) is 24.9 Å². The first-order valence-corrected chi connectivity index (χ1v) is 8.84. The molecule has 0 spiro atoms. The molecule has 1 fully saturated rings. The van der Waals surface area contributed by atoms with Crippen molar-refractivity contribution in [3.05, 3.63) is 70.0 Å². The van der Waals surface area contributed by atoms with Gasteiger partial charge in [0.25, 0.3) is 0 Å². The molecule has 2 aliphatic rings. The van der Waals surface area contributed by atoms with E-state index < -0.39 is 11.9 Å². The van der Waals surface area contributed by atoms with E-state index in [-0.39, 0.29) is 11.4 Å². The molecule has 0 aromatic heterocycles. The van der Waals surface area contributed by atoms with Crippen LogP contribution in [-0.4, -0.2) is 13.1 Å². The lowest BCUT2D eigenvalue weighted by Crippen LogP contribution is -2.27. The van der Waals surface area contributed by atoms with E-state index >= 15 is 0 Å². The third kappa shape index (κ3) is 3.16. The molecule has 25 heavy (non-hydrogen) atoms. The summed E-state index contributed by atoms with van der Waals surface area (Å²) in [5.41, 5.74) is 1.73. The molecular formula is C20H18ClF2NO. The van der Waals surface area contributed by atoms with Gasteiger partial charge in [-0.3, -0.25) is 0 Å². The predicted molar refractivity (Wildman–Crippen MR) is 95.2 cm³/mol. The van der Waals surface area contributed by atoms with Gasteiger partial charge in [-0.05, 0) is 61.7 Å². The summed E-state index contributed by atoms with van der Waals surface area (Å²) < 4.78 is 35.0. The van der Waals surface area contributed by atoms with Crippen LogP contribution in [-0.2, 0) is 0 Å². The SMILES string of the molecule is FC1=CC(c2ccc(Cl)cc2F)Oc2c1cccc2C1CCNCC1. The standard InChI is InChI=1S/C20H18ClF2NO/c21-13-4-5-15(17(22)10-13)19-11-18(23)16-3-1-2-14(20(16)25-19)12-6-8-24-9-7-12/h1-5,10-12,19,24H,6-9H2. The third-order valence-electron chi connectivity index (χ3n) is 4.89. The number of nitrogens with one attached hydrogen (secondary N) is 1. The third-order valence-corrected chi connectivity index (χ3v) is 5.13. The van der Waals surface area contributed by atoms with Crippen molar-refractivity contribution < 1.29 is 13.5 Å². The molecule has 130 valence electrons. The van der Waals surface area contributed by atoms with Crippen molar-refractivity contribution in [1.82, 2.24) is 5.32 Å². The Bertz CT molecular complexity index is 830. The smallest absolute Gasteiger partial charge is 0.148 e. The van der Waals surface area contributed by atoms with Crippen LogP contribution >= 0.6 is 11.6 Å². The zero-order valence-corrected chi connectivity index (χ0v) is 14.3. The fourth-order valence-electron chi connectivity index (χ4n) is 3.60. The van der Waals surface area contributed by atoms with Gasteiger partial charge in [0.15, 0.2) is 0 Å². The van der Waals surface area contributed by atoms with Crippen molar-refractivity contribution in [3.63, 3.8) is 0 Å². The molecule has 2 aromatic rings. The molecule has 1 atom stereocenters. The van der Waals surface area contributed by atoms with Gasteiger partial charge in [-0.25, -0.2) is 8.78 Å². The minimum absolute atomic E-state index is 0.283. The van der Waals surface area contributed by atoms with Crippen LogP contribution in [0.1, 0.15) is 41.6 Å². The van der Waals surface area contributed by atoms with Gasteiger partial charge in [0, 0.05) is 10.6 Å². The number of fused-ring (bicyclic) bond motifs is 1. The molecule has 2 aliphatic heterocycles. The van der Waals surface area contributed by atoms with Gasteiger partial charge in [0.05, 0.1) is 5.56 Å². The maximum atomic E-state index is 14.7. The highest BCUT2D eigenvalue weighted by Crippen LogP contribution is 2.44. The Morgan fingerprint density at radius 2 is 1.84 bits per heavy atom. The molecule has 1 N–H and O–H groups in total. The van der Waals surface area contributed by atoms with Crippen LogP contribution in [0.5, 0.6) is 5.75 Å². The van der Waals surface area contributed by atoms with E-state index in [0.717, 1.165) is 31.5 Å². The minimum atomic E-state index is -0.798. The normalized spacial score (nSPS) is 20.6. The van der Waals surface area contributed by atoms with E-state index in [0.29, 0.717) is 22.3 Å². The Morgan fingerprint density at radius 3 is 2.60 bits per heavy atom. The summed E-state index contributed by atoms with van der Waals surface area (Å²) in [6.45, 7) is 1.86. The molecule has 1 saturated heterocycles. The Labute approximate surface area is 150 Å². The Hall–Kier alpha value is -1.91. The molecule has 0 aliphatic carbocycles. The fourth-order valence-corrected chi connectivity index (χ4v) is 3.76. The monoisotopic (exact) mass is 361 g/mol. The van der Waals surface area contributed by atoms with Crippen molar-refractivity contribution in [2.24, 2.45) is 0 Å². The number of hydrogen-bond acceptors (Lipinski definition) is 2. The first kappa shape index (κ1) is 16.6. The summed E-state index contributed by atoms with van der Waals surface area (Å²) in [6.07, 6.45) is 2.48. The second-order valence-electron chi connectivity index (χ2n) is 6.47. The second kappa shape index (κ2) is 6.77. The van der Waals surface area contributed by atoms with E-state index in [1.54, 1.807) is 18.2 Å². The number of rotatable bonds is 2. The predicted octanol–water partition coefficient (Wildman–Crippen LogP) is 5.39. The van der Waals surface area contributed by atoms with Crippen LogP contribution in [0.4, 0.5) is 8.78 Å². The van der Waals surface area contributed by atoms with E-state index in [2.05, 4.69) is 5.32 Å². The Morgan fingerprint density at radius 1 is 1.04 bits per heavy atom. The quantitative estimate of drug-likeness (QED) is 0.774. The highest BCUT2D eigenvalue weighted by atomic mass is 35.5. The maximum Gasteiger partial charge on any atom is 0.148 e. The number of piperidine rings is 1. The summed E-state index contributed by atoms with van der Waals surface area (Å²) in [7, 11) is 0. The van der Waals surface area contributed by atoms with Gasteiger partial charge in [-0.2, -0.15) is 0 Å². The lowest BCUT2D eigenvalue weighted by molar-refractivity contribution is 0.237. The molecule has 1 unspecified atom stereocenters. The number of ether oxygens (including phenoxy) is 1. The summed E-state index contributed by atoms with van der Waals surface area (Å²) in [6, 6.07) is 9.91. The number of hydrogen-bond donors (Lipinski definition) is 1. The first-order valence-electron chi connectivity index (χ1n) is 8.46. The summed E-state index contributed by atoms with van der Waals surface area (Å²) in [4.78, 5) is 0. The summed E-state index contributed by atoms with van der Waals surface area (Å²) in [5, 5.41) is 3.64. The summed E-state index contributed by atoms with van der Waals surface area (Å²) in [5.74, 6) is -0.0210. The minimum Gasteiger partial charge on any atom is -0.480 e. The first-order chi connectivity index (χ1) is 12.1. The largest absolute Gasteiger partial charge is 0.480 e. The summed E-state index contributed by atoms with van der Waals surface area (Å²) >= 11 is 5.82. The van der Waals surface area contributed by atoms with E-state index in [1.807, 2.05) is 12.1 Å². The van der Waals surface area contributed by atoms with Crippen LogP contribution < -0.4 is 10.1 Å². The molecule has 4 rings (SSSR count). The molecule has 0 radical (unpaired) electrons. The van der Waals surface area contributed by atoms with Gasteiger partial charge in [0.2, 0.25) is 0 Å². The lowest BCUT2D eigenvalue weighted by Gasteiger charge is -2.30. The number of halogens is 3. The Balaban J connectivity index is 1.74. The van der Waals surface area contributed by atoms with Crippen molar-refractivity contribution in [1.29, 1.82) is 0 Å². The van der Waals surface area contributed by atoms with Gasteiger partial charge >= 0.3 is 0 Å². The van der Waals surface area contributed by atoms with Crippen LogP contribution in [0.25, 0.3) is 5.83 Å². The molecular weight excluding hydrogens is 344 g/mol. The van der Waals surface area contributed by atoms with Gasteiger partial charge in [-0.1, -0.05) is 29.8 Å². The Kier molecular flexibility index (Phi) is 4.48. The van der Waals surface area contributed by atoms with E-state index in [9.17, 15) is 8.78 Å². The number of para-hydroxylation sites is 1. The fraction of sp³-hybridized carbons (Fsp3) is 0.300. The topological polar surface area (TPSA) is 21.3 Å². The average molecular weight is 362 g/mol. The second-order valence-corrected chi connectivity index (χ2v) is 6.90. The molecule has 2 heterocycles. The molecule has 0 saturated carbocycles.